The zero-order chi connectivity index (χ0) is 21.2. The van der Waals surface area contributed by atoms with E-state index in [1.807, 2.05) is 23.7 Å². The Kier molecular flexibility index (Phi) is 5.70. The number of nitrogens with one attached hydrogen (secondary N) is 1. The second kappa shape index (κ2) is 8.77. The molecule has 160 valence electrons. The van der Waals surface area contributed by atoms with Gasteiger partial charge in [-0.3, -0.25) is 4.98 Å². The quantitative estimate of drug-likeness (QED) is 0.455. The fourth-order valence-corrected chi connectivity index (χ4v) is 5.00. The van der Waals surface area contributed by atoms with Gasteiger partial charge in [-0.25, -0.2) is 9.37 Å². The molecular weight excluding hydrogens is 411 g/mol. The first-order chi connectivity index (χ1) is 15.2. The van der Waals surface area contributed by atoms with Gasteiger partial charge in [0.25, 0.3) is 0 Å². The van der Waals surface area contributed by atoms with Crippen LogP contribution in [0.2, 0.25) is 0 Å². The molecule has 1 saturated heterocycles. The highest BCUT2D eigenvalue weighted by molar-refractivity contribution is 7.16. The highest BCUT2D eigenvalue weighted by Crippen LogP contribution is 2.26. The Morgan fingerprint density at radius 1 is 1.13 bits per heavy atom. The molecule has 0 atom stereocenters. The van der Waals surface area contributed by atoms with Gasteiger partial charge in [-0.15, -0.1) is 11.3 Å². The molecule has 1 fully saturated rings. The van der Waals surface area contributed by atoms with Gasteiger partial charge < -0.3 is 15.0 Å². The number of thiazole rings is 1. The van der Waals surface area contributed by atoms with Gasteiger partial charge >= 0.3 is 0 Å². The lowest BCUT2D eigenvalue weighted by atomic mass is 10.0. The van der Waals surface area contributed by atoms with Crippen molar-refractivity contribution in [1.82, 2.24) is 14.9 Å². The van der Waals surface area contributed by atoms with Gasteiger partial charge in [-0.05, 0) is 55.7 Å². The van der Waals surface area contributed by atoms with E-state index in [0.29, 0.717) is 12.5 Å². The van der Waals surface area contributed by atoms with Crippen molar-refractivity contribution in [1.29, 1.82) is 0 Å². The average molecular weight is 437 g/mol. The molecule has 1 aliphatic heterocycles. The summed E-state index contributed by atoms with van der Waals surface area (Å²) < 4.78 is 21.1. The Balaban J connectivity index is 1.20. The van der Waals surface area contributed by atoms with Crippen LogP contribution in [0.1, 0.15) is 18.4 Å². The second-order valence-corrected chi connectivity index (χ2v) is 8.90. The lowest BCUT2D eigenvalue weighted by Gasteiger charge is -2.33. The van der Waals surface area contributed by atoms with Crippen molar-refractivity contribution in [3.8, 4) is 5.75 Å². The minimum absolute atomic E-state index is 0.241. The number of fused-ring (bicyclic) bond motifs is 2. The predicted molar refractivity (Wildman–Crippen MR) is 125 cm³/mol. The van der Waals surface area contributed by atoms with E-state index in [4.69, 9.17) is 4.74 Å². The SMILES string of the molecule is COc1ccc2ncc(F)c(CCN3CCC(Nc4ccc5scnc5c4)CC3)c2c1. The van der Waals surface area contributed by atoms with Crippen LogP contribution < -0.4 is 10.1 Å². The van der Waals surface area contributed by atoms with Crippen LogP contribution >= 0.6 is 11.3 Å². The summed E-state index contributed by atoms with van der Waals surface area (Å²) in [4.78, 5) is 11.0. The summed E-state index contributed by atoms with van der Waals surface area (Å²) in [5.74, 6) is 0.485. The van der Waals surface area contributed by atoms with Crippen molar-refractivity contribution in [2.24, 2.45) is 0 Å². The van der Waals surface area contributed by atoms with E-state index < -0.39 is 0 Å². The van der Waals surface area contributed by atoms with Crippen LogP contribution in [0.25, 0.3) is 21.1 Å². The lowest BCUT2D eigenvalue weighted by molar-refractivity contribution is 0.221. The fourth-order valence-electron chi connectivity index (χ4n) is 4.34. The molecule has 0 unspecified atom stereocenters. The number of benzene rings is 2. The molecule has 2 aromatic carbocycles. The standard InChI is InChI=1S/C24H25FN4OS/c1-30-18-3-4-22-20(13-18)19(21(25)14-26-22)8-11-29-9-6-16(7-10-29)28-17-2-5-24-23(12-17)27-15-31-24/h2-5,12-16,28H,6-11H2,1H3. The minimum Gasteiger partial charge on any atom is -0.497 e. The molecule has 0 bridgehead atoms. The molecule has 5 rings (SSSR count). The van der Waals surface area contributed by atoms with Gasteiger partial charge in [0, 0.05) is 42.3 Å². The molecule has 1 aliphatic rings. The van der Waals surface area contributed by atoms with Gasteiger partial charge in [0.1, 0.15) is 11.6 Å². The Hall–Kier alpha value is -2.77. The average Bonchev–Trinajstić information content (AvgIpc) is 3.27. The van der Waals surface area contributed by atoms with Gasteiger partial charge in [-0.1, -0.05) is 0 Å². The van der Waals surface area contributed by atoms with Crippen LogP contribution in [-0.2, 0) is 6.42 Å². The van der Waals surface area contributed by atoms with Crippen molar-refractivity contribution in [3.63, 3.8) is 0 Å². The van der Waals surface area contributed by atoms with Gasteiger partial charge in [0.2, 0.25) is 0 Å². The number of ether oxygens (including phenoxy) is 1. The molecule has 0 radical (unpaired) electrons. The number of methoxy groups -OCH3 is 1. The van der Waals surface area contributed by atoms with E-state index in [2.05, 4.69) is 38.4 Å². The van der Waals surface area contributed by atoms with E-state index in [9.17, 15) is 4.39 Å². The number of hydrogen-bond donors (Lipinski definition) is 1. The van der Waals surface area contributed by atoms with Crippen LogP contribution in [0, 0.1) is 5.82 Å². The van der Waals surface area contributed by atoms with Crippen molar-refractivity contribution in [3.05, 3.63) is 59.5 Å². The molecule has 2 aromatic heterocycles. The lowest BCUT2D eigenvalue weighted by Crippen LogP contribution is -2.40. The monoisotopic (exact) mass is 436 g/mol. The predicted octanol–water partition coefficient (Wildman–Crippen LogP) is 5.11. The fraction of sp³-hybridized carbons (Fsp3) is 0.333. The number of rotatable bonds is 6. The summed E-state index contributed by atoms with van der Waals surface area (Å²) in [7, 11) is 1.63. The number of halogens is 1. The highest BCUT2D eigenvalue weighted by atomic mass is 32.1. The molecule has 3 heterocycles. The number of nitrogens with zero attached hydrogens (tertiary/aromatic N) is 3. The van der Waals surface area contributed by atoms with E-state index in [1.165, 1.54) is 10.9 Å². The number of pyridine rings is 1. The molecule has 0 saturated carbocycles. The summed E-state index contributed by atoms with van der Waals surface area (Å²) >= 11 is 1.67. The van der Waals surface area contributed by atoms with Crippen LogP contribution in [-0.4, -0.2) is 47.7 Å². The maximum atomic E-state index is 14.6. The number of likely N-dealkylation sites (tertiary alicyclic amines) is 1. The Morgan fingerprint density at radius 3 is 2.84 bits per heavy atom. The van der Waals surface area contributed by atoms with Crippen LogP contribution in [0.5, 0.6) is 5.75 Å². The normalized spacial score (nSPS) is 15.5. The number of piperidine rings is 1. The molecule has 1 N–H and O–H groups in total. The minimum atomic E-state index is -0.241. The molecule has 0 spiro atoms. The maximum Gasteiger partial charge on any atom is 0.145 e. The third-order valence-corrected chi connectivity index (χ3v) is 6.91. The first-order valence-electron chi connectivity index (χ1n) is 10.6. The van der Waals surface area contributed by atoms with Crippen molar-refractivity contribution >= 4 is 38.1 Å². The summed E-state index contributed by atoms with van der Waals surface area (Å²) in [6.07, 6.45) is 4.14. The third kappa shape index (κ3) is 4.34. The van der Waals surface area contributed by atoms with Gasteiger partial charge in [0.05, 0.1) is 34.6 Å². The number of hydrogen-bond acceptors (Lipinski definition) is 6. The third-order valence-electron chi connectivity index (χ3n) is 6.10. The smallest absolute Gasteiger partial charge is 0.145 e. The largest absolute Gasteiger partial charge is 0.497 e. The highest BCUT2D eigenvalue weighted by Gasteiger charge is 2.20. The van der Waals surface area contributed by atoms with Gasteiger partial charge in [-0.2, -0.15) is 0 Å². The summed E-state index contributed by atoms with van der Waals surface area (Å²) in [6, 6.07) is 12.5. The van der Waals surface area contributed by atoms with E-state index in [0.717, 1.165) is 65.9 Å². The van der Waals surface area contributed by atoms with Crippen LogP contribution in [0.3, 0.4) is 0 Å². The van der Waals surface area contributed by atoms with Crippen molar-refractivity contribution in [2.75, 3.05) is 32.1 Å². The summed E-state index contributed by atoms with van der Waals surface area (Å²) in [5.41, 5.74) is 5.60. The number of aromatic nitrogens is 2. The van der Waals surface area contributed by atoms with Crippen molar-refractivity contribution in [2.45, 2.75) is 25.3 Å². The Labute approximate surface area is 184 Å². The van der Waals surface area contributed by atoms with E-state index in [1.54, 1.807) is 18.4 Å². The van der Waals surface area contributed by atoms with Gasteiger partial charge in [0.15, 0.2) is 0 Å². The van der Waals surface area contributed by atoms with Crippen LogP contribution in [0.4, 0.5) is 10.1 Å². The first-order valence-corrected chi connectivity index (χ1v) is 11.5. The topological polar surface area (TPSA) is 50.3 Å². The second-order valence-electron chi connectivity index (χ2n) is 8.01. The molecular formula is C24H25FN4OS. The summed E-state index contributed by atoms with van der Waals surface area (Å²) in [6.45, 7) is 2.85. The maximum absolute atomic E-state index is 14.6. The van der Waals surface area contributed by atoms with Crippen LogP contribution in [0.15, 0.2) is 48.1 Å². The molecule has 0 amide bonds. The zero-order valence-electron chi connectivity index (χ0n) is 17.5. The van der Waals surface area contributed by atoms with E-state index in [-0.39, 0.29) is 5.82 Å². The molecule has 0 aliphatic carbocycles. The summed E-state index contributed by atoms with van der Waals surface area (Å²) in [5, 5.41) is 4.50. The van der Waals surface area contributed by atoms with Crippen molar-refractivity contribution < 1.29 is 9.13 Å². The number of anilines is 1. The molecule has 4 aromatic rings. The Morgan fingerprint density at radius 2 is 2.00 bits per heavy atom. The molecule has 31 heavy (non-hydrogen) atoms. The van der Waals surface area contributed by atoms with E-state index >= 15 is 0 Å². The zero-order valence-corrected chi connectivity index (χ0v) is 18.3. The molecule has 5 nitrogen and oxygen atoms in total. The Bertz CT molecular complexity index is 1200. The molecule has 7 heteroatoms. The first kappa shape index (κ1) is 20.2.